The Morgan fingerprint density at radius 1 is 1.05 bits per heavy atom. The number of rotatable bonds is 13. The molecular weight excluding hydrogens is 502 g/mol. The normalized spacial score (nSPS) is 17.3. The van der Waals surface area contributed by atoms with Crippen LogP contribution < -0.4 is 21.7 Å². The number of carboxylic acid groups (broad SMARTS) is 1. The van der Waals surface area contributed by atoms with E-state index in [9.17, 15) is 28.0 Å². The highest BCUT2D eigenvalue weighted by Gasteiger charge is 2.39. The molecular formula is C26H30F2N4O6. The average molecular weight is 533 g/mol. The third-order valence-electron chi connectivity index (χ3n) is 5.98. The van der Waals surface area contributed by atoms with Gasteiger partial charge in [0.15, 0.2) is 0 Å². The Morgan fingerprint density at radius 2 is 1.74 bits per heavy atom. The minimum absolute atomic E-state index is 0.0261. The first-order valence-corrected chi connectivity index (χ1v) is 12.2. The molecule has 3 rings (SSSR count). The molecule has 0 aromatic heterocycles. The second-order valence-corrected chi connectivity index (χ2v) is 9.04. The molecule has 2 aromatic carbocycles. The van der Waals surface area contributed by atoms with E-state index in [-0.39, 0.29) is 36.3 Å². The van der Waals surface area contributed by atoms with Gasteiger partial charge < -0.3 is 31.5 Å². The maximum atomic E-state index is 13.7. The molecule has 0 saturated carbocycles. The lowest BCUT2D eigenvalue weighted by molar-refractivity contribution is -0.128. The molecule has 2 unspecified atom stereocenters. The largest absolute Gasteiger partial charge is 0.478 e. The molecule has 0 bridgehead atoms. The van der Waals surface area contributed by atoms with Crippen molar-refractivity contribution < 1.29 is 37.8 Å². The summed E-state index contributed by atoms with van der Waals surface area (Å²) in [5.74, 6) is -2.98. The van der Waals surface area contributed by atoms with Crippen molar-refractivity contribution in [1.29, 1.82) is 0 Å². The van der Waals surface area contributed by atoms with Crippen molar-refractivity contribution in [2.24, 2.45) is 5.73 Å². The molecule has 1 aliphatic rings. The third-order valence-corrected chi connectivity index (χ3v) is 5.98. The number of nitrogens with one attached hydrogen (secondary N) is 3. The van der Waals surface area contributed by atoms with Crippen LogP contribution in [0.15, 0.2) is 42.5 Å². The van der Waals surface area contributed by atoms with Gasteiger partial charge in [0.25, 0.3) is 5.91 Å². The summed E-state index contributed by atoms with van der Waals surface area (Å²) in [5, 5.41) is 17.0. The molecule has 3 atom stereocenters. The maximum Gasteiger partial charge on any atom is 0.408 e. The van der Waals surface area contributed by atoms with Gasteiger partial charge in [0.2, 0.25) is 12.0 Å². The molecule has 0 radical (unpaired) electrons. The van der Waals surface area contributed by atoms with Gasteiger partial charge in [0, 0.05) is 25.6 Å². The number of unbranched alkanes of at least 4 members (excludes halogenated alkanes) is 1. The Morgan fingerprint density at radius 3 is 2.42 bits per heavy atom. The van der Waals surface area contributed by atoms with Crippen LogP contribution in [-0.2, 0) is 27.2 Å². The minimum atomic E-state index is -1.05. The Balaban J connectivity index is 1.33. The number of hydrogen-bond acceptors (Lipinski definition) is 6. The fourth-order valence-electron chi connectivity index (χ4n) is 4.04. The van der Waals surface area contributed by atoms with Gasteiger partial charge in [-0.3, -0.25) is 9.59 Å². The van der Waals surface area contributed by atoms with Crippen molar-refractivity contribution in [2.75, 3.05) is 13.1 Å². The van der Waals surface area contributed by atoms with Crippen LogP contribution in [0.1, 0.15) is 40.7 Å². The molecule has 2 aromatic rings. The predicted octanol–water partition coefficient (Wildman–Crippen LogP) is 1.66. The summed E-state index contributed by atoms with van der Waals surface area (Å²) in [6.45, 7) is 0.631. The van der Waals surface area contributed by atoms with Gasteiger partial charge in [-0.05, 0) is 67.1 Å². The first-order valence-electron chi connectivity index (χ1n) is 12.2. The van der Waals surface area contributed by atoms with Crippen LogP contribution in [0.25, 0.3) is 0 Å². The van der Waals surface area contributed by atoms with Crippen LogP contribution in [0.2, 0.25) is 0 Å². The van der Waals surface area contributed by atoms with E-state index < -0.39 is 47.8 Å². The lowest BCUT2D eigenvalue weighted by atomic mass is 10.0. The van der Waals surface area contributed by atoms with Crippen LogP contribution in [0, 0.1) is 11.6 Å². The first-order chi connectivity index (χ1) is 18.1. The Kier molecular flexibility index (Phi) is 10.1. The molecule has 1 saturated heterocycles. The van der Waals surface area contributed by atoms with E-state index in [1.807, 2.05) is 0 Å². The number of carboxylic acids is 1. The topological polar surface area (TPSA) is 160 Å². The predicted molar refractivity (Wildman–Crippen MR) is 132 cm³/mol. The summed E-state index contributed by atoms with van der Waals surface area (Å²) in [5.41, 5.74) is 6.88. The molecule has 12 heteroatoms. The number of benzene rings is 2. The van der Waals surface area contributed by atoms with Crippen molar-refractivity contribution in [3.05, 3.63) is 70.8 Å². The zero-order chi connectivity index (χ0) is 27.7. The number of aromatic carboxylic acids is 1. The monoisotopic (exact) mass is 532 g/mol. The summed E-state index contributed by atoms with van der Waals surface area (Å²) in [4.78, 5) is 47.3. The third kappa shape index (κ3) is 8.51. The number of amides is 3. The van der Waals surface area contributed by atoms with Gasteiger partial charge in [0.05, 0.1) is 11.6 Å². The second kappa shape index (κ2) is 13.5. The van der Waals surface area contributed by atoms with E-state index in [1.54, 1.807) is 12.1 Å². The smallest absolute Gasteiger partial charge is 0.408 e. The van der Waals surface area contributed by atoms with Crippen molar-refractivity contribution in [3.8, 4) is 0 Å². The summed E-state index contributed by atoms with van der Waals surface area (Å²) in [7, 11) is 0. The lowest BCUT2D eigenvalue weighted by Crippen LogP contribution is -2.44. The zero-order valence-electron chi connectivity index (χ0n) is 20.5. The van der Waals surface area contributed by atoms with Crippen LogP contribution in [0.3, 0.4) is 0 Å². The number of cyclic esters (lactones) is 1. The number of hydrogen-bond donors (Lipinski definition) is 5. The highest BCUT2D eigenvalue weighted by Crippen LogP contribution is 2.16. The SMILES string of the molecule is NC(CC(=O)NCCCCNC(=O)C1OC(=O)N[C@@H]1Cc1ccc(C(=O)O)cc1)Cc1cc(F)ccc1F. The molecule has 1 heterocycles. The molecule has 38 heavy (non-hydrogen) atoms. The van der Waals surface area contributed by atoms with Crippen LogP contribution >= 0.6 is 0 Å². The van der Waals surface area contributed by atoms with E-state index in [2.05, 4.69) is 16.0 Å². The summed E-state index contributed by atoms with van der Waals surface area (Å²) in [6, 6.07) is 7.93. The maximum absolute atomic E-state index is 13.7. The fourth-order valence-corrected chi connectivity index (χ4v) is 4.04. The molecule has 6 N–H and O–H groups in total. The number of carbonyl (C=O) groups is 4. The number of alkyl carbamates (subject to hydrolysis) is 1. The van der Waals surface area contributed by atoms with Crippen LogP contribution in [0.4, 0.5) is 13.6 Å². The van der Waals surface area contributed by atoms with E-state index in [0.29, 0.717) is 25.9 Å². The van der Waals surface area contributed by atoms with E-state index in [1.165, 1.54) is 12.1 Å². The fraction of sp³-hybridized carbons (Fsp3) is 0.385. The van der Waals surface area contributed by atoms with Crippen molar-refractivity contribution in [2.45, 2.75) is 50.3 Å². The lowest BCUT2D eigenvalue weighted by Gasteiger charge is -2.17. The molecule has 10 nitrogen and oxygen atoms in total. The summed E-state index contributed by atoms with van der Waals surface area (Å²) < 4.78 is 32.1. The van der Waals surface area contributed by atoms with Gasteiger partial charge in [-0.15, -0.1) is 0 Å². The van der Waals surface area contributed by atoms with Gasteiger partial charge in [-0.1, -0.05) is 12.1 Å². The van der Waals surface area contributed by atoms with Gasteiger partial charge in [-0.2, -0.15) is 0 Å². The number of halogens is 2. The molecule has 0 aliphatic carbocycles. The van der Waals surface area contributed by atoms with E-state index >= 15 is 0 Å². The second-order valence-electron chi connectivity index (χ2n) is 9.04. The Hall–Kier alpha value is -4.06. The van der Waals surface area contributed by atoms with Crippen LogP contribution in [-0.4, -0.2) is 60.3 Å². The molecule has 3 amide bonds. The summed E-state index contributed by atoms with van der Waals surface area (Å²) >= 11 is 0. The number of ether oxygens (including phenoxy) is 1. The highest BCUT2D eigenvalue weighted by molar-refractivity contribution is 5.88. The van der Waals surface area contributed by atoms with E-state index in [0.717, 1.165) is 23.8 Å². The minimum Gasteiger partial charge on any atom is -0.478 e. The zero-order valence-corrected chi connectivity index (χ0v) is 20.5. The quantitative estimate of drug-likeness (QED) is 0.245. The molecule has 1 fully saturated rings. The van der Waals surface area contributed by atoms with Crippen molar-refractivity contribution in [3.63, 3.8) is 0 Å². The molecule has 204 valence electrons. The number of carbonyl (C=O) groups excluding carboxylic acids is 3. The van der Waals surface area contributed by atoms with Gasteiger partial charge in [-0.25, -0.2) is 18.4 Å². The average Bonchev–Trinajstić information content (AvgIpc) is 3.23. The van der Waals surface area contributed by atoms with E-state index in [4.69, 9.17) is 15.6 Å². The first kappa shape index (κ1) is 28.5. The Labute approximate surface area is 217 Å². The number of nitrogens with two attached hydrogens (primary N) is 1. The molecule has 0 spiro atoms. The summed E-state index contributed by atoms with van der Waals surface area (Å²) in [6.07, 6.45) is -0.386. The standard InChI is InChI=1S/C26H30F2N4O6/c27-18-7-8-20(28)17(12-18)13-19(29)14-22(33)30-9-1-2-10-31-24(34)23-21(32-26(37)38-23)11-15-3-5-16(6-4-15)25(35)36/h3-8,12,19,21,23H,1-2,9-11,13-14,29H2,(H,30,33)(H,31,34)(H,32,37)(H,35,36)/t19?,21-,23?/m1/s1. The van der Waals surface area contributed by atoms with Gasteiger partial charge in [0.1, 0.15) is 11.6 Å². The van der Waals surface area contributed by atoms with Crippen molar-refractivity contribution >= 4 is 23.9 Å². The van der Waals surface area contributed by atoms with Crippen molar-refractivity contribution in [1.82, 2.24) is 16.0 Å². The Bertz CT molecular complexity index is 1160. The highest BCUT2D eigenvalue weighted by atomic mass is 19.1. The van der Waals surface area contributed by atoms with Crippen LogP contribution in [0.5, 0.6) is 0 Å². The molecule has 1 aliphatic heterocycles. The van der Waals surface area contributed by atoms with Gasteiger partial charge >= 0.3 is 12.1 Å².